The zero-order valence-corrected chi connectivity index (χ0v) is 12.5. The number of nitrogens with zero attached hydrogens (tertiary/aromatic N) is 1. The second-order valence-corrected chi connectivity index (χ2v) is 7.58. The first-order valence-corrected chi connectivity index (χ1v) is 8.74. The predicted molar refractivity (Wildman–Crippen MR) is 78.0 cm³/mol. The molecule has 2 aliphatic rings. The first-order chi connectivity index (χ1) is 9.57. The van der Waals surface area contributed by atoms with Gasteiger partial charge in [-0.1, -0.05) is 0 Å². The van der Waals surface area contributed by atoms with Gasteiger partial charge >= 0.3 is 0 Å². The number of pyridine rings is 1. The SMILES string of the molecule is CCNc1ncccc1S(=O)(=O)NCC1(C2CC2)CC1. The Morgan fingerprint density at radius 2 is 2.15 bits per heavy atom. The summed E-state index contributed by atoms with van der Waals surface area (Å²) in [5.41, 5.74) is 0.258. The highest BCUT2D eigenvalue weighted by Crippen LogP contribution is 2.60. The van der Waals surface area contributed by atoms with Crippen molar-refractivity contribution in [3.05, 3.63) is 18.3 Å². The molecule has 0 saturated heterocycles. The Balaban J connectivity index is 1.74. The van der Waals surface area contributed by atoms with Gasteiger partial charge in [0.15, 0.2) is 0 Å². The van der Waals surface area contributed by atoms with Gasteiger partial charge in [0.25, 0.3) is 0 Å². The van der Waals surface area contributed by atoms with Crippen LogP contribution in [0, 0.1) is 11.3 Å². The third-order valence-corrected chi connectivity index (χ3v) is 5.79. The Morgan fingerprint density at radius 1 is 1.40 bits per heavy atom. The van der Waals surface area contributed by atoms with Crippen LogP contribution in [0.15, 0.2) is 23.2 Å². The number of nitrogens with one attached hydrogen (secondary N) is 2. The quantitative estimate of drug-likeness (QED) is 0.807. The smallest absolute Gasteiger partial charge is 0.244 e. The van der Waals surface area contributed by atoms with Crippen LogP contribution < -0.4 is 10.0 Å². The van der Waals surface area contributed by atoms with Gasteiger partial charge in [0.2, 0.25) is 10.0 Å². The Labute approximate surface area is 120 Å². The van der Waals surface area contributed by atoms with Crippen molar-refractivity contribution in [1.82, 2.24) is 9.71 Å². The zero-order valence-electron chi connectivity index (χ0n) is 11.7. The number of anilines is 1. The standard InChI is InChI=1S/C14H21N3O2S/c1-2-15-13-12(4-3-9-16-13)20(18,19)17-10-14(7-8-14)11-5-6-11/h3-4,9,11,17H,2,5-8,10H2,1H3,(H,15,16). The number of hydrogen-bond acceptors (Lipinski definition) is 4. The van der Waals surface area contributed by atoms with Crippen molar-refractivity contribution in [3.8, 4) is 0 Å². The number of hydrogen-bond donors (Lipinski definition) is 2. The second kappa shape index (κ2) is 5.00. The molecule has 6 heteroatoms. The van der Waals surface area contributed by atoms with Gasteiger partial charge in [0, 0.05) is 19.3 Å². The van der Waals surface area contributed by atoms with Crippen LogP contribution in [-0.2, 0) is 10.0 Å². The fourth-order valence-electron chi connectivity index (χ4n) is 2.81. The lowest BCUT2D eigenvalue weighted by Crippen LogP contribution is -2.31. The molecule has 1 aromatic heterocycles. The average Bonchev–Trinajstić information content (AvgIpc) is 3.29. The van der Waals surface area contributed by atoms with Gasteiger partial charge < -0.3 is 5.32 Å². The van der Waals surface area contributed by atoms with Crippen LogP contribution in [-0.4, -0.2) is 26.5 Å². The van der Waals surface area contributed by atoms with Crippen LogP contribution >= 0.6 is 0 Å². The molecular formula is C14H21N3O2S. The molecule has 5 nitrogen and oxygen atoms in total. The van der Waals surface area contributed by atoms with E-state index in [-0.39, 0.29) is 10.3 Å². The van der Waals surface area contributed by atoms with E-state index in [1.165, 1.54) is 12.8 Å². The van der Waals surface area contributed by atoms with E-state index in [1.807, 2.05) is 6.92 Å². The molecule has 0 atom stereocenters. The van der Waals surface area contributed by atoms with E-state index < -0.39 is 10.0 Å². The zero-order chi connectivity index (χ0) is 14.2. The monoisotopic (exact) mass is 295 g/mol. The summed E-state index contributed by atoms with van der Waals surface area (Å²) in [6, 6.07) is 3.26. The molecule has 2 aliphatic carbocycles. The summed E-state index contributed by atoms with van der Waals surface area (Å²) >= 11 is 0. The largest absolute Gasteiger partial charge is 0.369 e. The van der Waals surface area contributed by atoms with Crippen LogP contribution in [0.4, 0.5) is 5.82 Å². The number of sulfonamides is 1. The second-order valence-electron chi connectivity index (χ2n) is 5.84. The van der Waals surface area contributed by atoms with Crippen molar-refractivity contribution in [2.75, 3.05) is 18.4 Å². The molecule has 0 spiro atoms. The van der Waals surface area contributed by atoms with Crippen molar-refractivity contribution >= 4 is 15.8 Å². The highest BCUT2D eigenvalue weighted by atomic mass is 32.2. The number of aromatic nitrogens is 1. The molecule has 2 fully saturated rings. The van der Waals surface area contributed by atoms with E-state index >= 15 is 0 Å². The van der Waals surface area contributed by atoms with Crippen molar-refractivity contribution < 1.29 is 8.42 Å². The van der Waals surface area contributed by atoms with Crippen LogP contribution in [0.3, 0.4) is 0 Å². The van der Waals surface area contributed by atoms with Crippen LogP contribution in [0.5, 0.6) is 0 Å². The first kappa shape index (κ1) is 13.8. The van der Waals surface area contributed by atoms with E-state index in [0.717, 1.165) is 18.8 Å². The normalized spacial score (nSPS) is 20.6. The molecule has 1 heterocycles. The van der Waals surface area contributed by atoms with Gasteiger partial charge in [-0.2, -0.15) is 0 Å². The Kier molecular flexibility index (Phi) is 3.46. The minimum atomic E-state index is -3.49. The van der Waals surface area contributed by atoms with Gasteiger partial charge in [-0.15, -0.1) is 0 Å². The van der Waals surface area contributed by atoms with Crippen molar-refractivity contribution in [3.63, 3.8) is 0 Å². The Morgan fingerprint density at radius 3 is 2.75 bits per heavy atom. The van der Waals surface area contributed by atoms with E-state index in [0.29, 0.717) is 18.9 Å². The van der Waals surface area contributed by atoms with E-state index in [9.17, 15) is 8.42 Å². The lowest BCUT2D eigenvalue weighted by atomic mass is 10.0. The summed E-state index contributed by atoms with van der Waals surface area (Å²) in [5.74, 6) is 1.17. The molecular weight excluding hydrogens is 274 g/mol. The van der Waals surface area contributed by atoms with Gasteiger partial charge in [-0.25, -0.2) is 18.1 Å². The molecule has 2 N–H and O–H groups in total. The summed E-state index contributed by atoms with van der Waals surface area (Å²) in [7, 11) is -3.49. The van der Waals surface area contributed by atoms with E-state index in [4.69, 9.17) is 0 Å². The molecule has 3 rings (SSSR count). The molecule has 0 bridgehead atoms. The summed E-state index contributed by atoms with van der Waals surface area (Å²) in [5, 5.41) is 3.00. The van der Waals surface area contributed by atoms with Gasteiger partial charge in [-0.05, 0) is 56.1 Å². The van der Waals surface area contributed by atoms with Crippen molar-refractivity contribution in [2.45, 2.75) is 37.5 Å². The molecule has 0 unspecified atom stereocenters. The van der Waals surface area contributed by atoms with E-state index in [1.54, 1.807) is 18.3 Å². The van der Waals surface area contributed by atoms with Gasteiger partial charge in [0.1, 0.15) is 10.7 Å². The molecule has 20 heavy (non-hydrogen) atoms. The summed E-state index contributed by atoms with van der Waals surface area (Å²) in [6.45, 7) is 3.14. The third-order valence-electron chi connectivity index (χ3n) is 4.35. The summed E-state index contributed by atoms with van der Waals surface area (Å²) in [6.07, 6.45) is 6.44. The maximum Gasteiger partial charge on any atom is 0.244 e. The summed E-state index contributed by atoms with van der Waals surface area (Å²) < 4.78 is 27.7. The topological polar surface area (TPSA) is 71.1 Å². The molecule has 0 aliphatic heterocycles. The summed E-state index contributed by atoms with van der Waals surface area (Å²) in [4.78, 5) is 4.36. The number of rotatable bonds is 7. The minimum Gasteiger partial charge on any atom is -0.369 e. The lowest BCUT2D eigenvalue weighted by molar-refractivity contribution is 0.432. The minimum absolute atomic E-state index is 0.244. The molecule has 1 aromatic rings. The Bertz CT molecular complexity index is 592. The van der Waals surface area contributed by atoms with E-state index in [2.05, 4.69) is 15.0 Å². The fourth-order valence-corrected chi connectivity index (χ4v) is 4.08. The highest BCUT2D eigenvalue weighted by Gasteiger charge is 2.53. The maximum absolute atomic E-state index is 12.5. The lowest BCUT2D eigenvalue weighted by Gasteiger charge is -2.16. The third kappa shape index (κ3) is 2.67. The van der Waals surface area contributed by atoms with Crippen molar-refractivity contribution in [1.29, 1.82) is 0 Å². The molecule has 2 saturated carbocycles. The molecule has 0 radical (unpaired) electrons. The molecule has 0 aromatic carbocycles. The van der Waals surface area contributed by atoms with Crippen molar-refractivity contribution in [2.24, 2.45) is 11.3 Å². The molecule has 0 amide bonds. The van der Waals surface area contributed by atoms with Crippen LogP contribution in [0.25, 0.3) is 0 Å². The predicted octanol–water partition coefficient (Wildman–Crippen LogP) is 1.98. The highest BCUT2D eigenvalue weighted by molar-refractivity contribution is 7.89. The first-order valence-electron chi connectivity index (χ1n) is 7.26. The Hall–Kier alpha value is -1.14. The molecule has 110 valence electrons. The maximum atomic E-state index is 12.5. The fraction of sp³-hybridized carbons (Fsp3) is 0.643. The average molecular weight is 295 g/mol. The van der Waals surface area contributed by atoms with Gasteiger partial charge in [0.05, 0.1) is 0 Å². The van der Waals surface area contributed by atoms with Crippen LogP contribution in [0.2, 0.25) is 0 Å². The van der Waals surface area contributed by atoms with Crippen LogP contribution in [0.1, 0.15) is 32.6 Å². The van der Waals surface area contributed by atoms with Gasteiger partial charge in [-0.3, -0.25) is 0 Å².